The van der Waals surface area contributed by atoms with E-state index < -0.39 is 5.41 Å². The first-order valence-corrected chi connectivity index (χ1v) is 16.3. The van der Waals surface area contributed by atoms with Crippen molar-refractivity contribution >= 4 is 21.4 Å². The third kappa shape index (κ3) is 4.08. The van der Waals surface area contributed by atoms with Gasteiger partial charge in [0, 0.05) is 15.8 Å². The fourth-order valence-electron chi connectivity index (χ4n) is 7.09. The van der Waals surface area contributed by atoms with Crippen LogP contribution in [0.1, 0.15) is 22.3 Å². The van der Waals surface area contributed by atoms with Crippen LogP contribution in [0.25, 0.3) is 54.7 Å². The van der Waals surface area contributed by atoms with E-state index in [2.05, 4.69) is 146 Å². The summed E-state index contributed by atoms with van der Waals surface area (Å²) >= 11 is 1.71. The molecule has 0 saturated carbocycles. The predicted octanol–water partition coefficient (Wildman–Crippen LogP) is 10.5. The molecule has 1 aliphatic carbocycles. The van der Waals surface area contributed by atoms with Gasteiger partial charge in [0.2, 0.25) is 0 Å². The Hall–Kier alpha value is -5.71. The van der Waals surface area contributed by atoms with Crippen LogP contribution in [-0.2, 0) is 5.41 Å². The molecule has 216 valence electrons. The Morgan fingerprint density at radius 2 is 1.00 bits per heavy atom. The van der Waals surface area contributed by atoms with Gasteiger partial charge >= 0.3 is 0 Å². The second-order valence-corrected chi connectivity index (χ2v) is 12.7. The standard InChI is InChI=1S/C42H27N3S/c1-4-15-28(16-5-1)39-43-40(45-41(44-39)37-27-29-17-10-13-26-36(29)46-37)33-23-14-25-35-38(33)32-22-11-12-24-34(32)42(35,30-18-6-2-7-19-30)31-20-8-3-9-21-31/h1-27H. The van der Waals surface area contributed by atoms with Gasteiger partial charge in [-0.15, -0.1) is 11.3 Å². The second-order valence-electron chi connectivity index (χ2n) is 11.6. The predicted molar refractivity (Wildman–Crippen MR) is 189 cm³/mol. The molecule has 46 heavy (non-hydrogen) atoms. The van der Waals surface area contributed by atoms with E-state index in [1.807, 2.05) is 18.2 Å². The van der Waals surface area contributed by atoms with Crippen LogP contribution in [-0.4, -0.2) is 15.0 Å². The molecule has 0 radical (unpaired) electrons. The van der Waals surface area contributed by atoms with Gasteiger partial charge in [0.1, 0.15) is 0 Å². The van der Waals surface area contributed by atoms with Crippen LogP contribution in [0.4, 0.5) is 0 Å². The highest BCUT2D eigenvalue weighted by Crippen LogP contribution is 2.58. The molecule has 3 nitrogen and oxygen atoms in total. The monoisotopic (exact) mass is 605 g/mol. The minimum atomic E-state index is -0.492. The summed E-state index contributed by atoms with van der Waals surface area (Å²) in [7, 11) is 0. The van der Waals surface area contributed by atoms with Crippen molar-refractivity contribution in [2.75, 3.05) is 0 Å². The topological polar surface area (TPSA) is 38.7 Å². The third-order valence-corrected chi connectivity index (χ3v) is 10.1. The number of thiophene rings is 1. The molecular weight excluding hydrogens is 579 g/mol. The maximum absolute atomic E-state index is 5.23. The normalized spacial score (nSPS) is 13.0. The number of aromatic nitrogens is 3. The SMILES string of the molecule is c1ccc(-c2nc(-c3cc4ccccc4s3)nc(-c3cccc4c3-c3ccccc3C4(c3ccccc3)c3ccccc3)n2)cc1. The Bertz CT molecular complexity index is 2290. The molecule has 0 spiro atoms. The van der Waals surface area contributed by atoms with E-state index in [0.717, 1.165) is 16.0 Å². The van der Waals surface area contributed by atoms with Gasteiger partial charge in [-0.3, -0.25) is 0 Å². The van der Waals surface area contributed by atoms with E-state index in [4.69, 9.17) is 15.0 Å². The van der Waals surface area contributed by atoms with Crippen molar-refractivity contribution < 1.29 is 0 Å². The molecule has 6 aromatic carbocycles. The lowest BCUT2D eigenvalue weighted by Crippen LogP contribution is -2.28. The van der Waals surface area contributed by atoms with Crippen LogP contribution in [0, 0.1) is 0 Å². The molecular formula is C42H27N3S. The Labute approximate surface area is 271 Å². The molecule has 0 aliphatic heterocycles. The number of nitrogens with zero attached hydrogens (tertiary/aromatic N) is 3. The number of rotatable bonds is 5. The van der Waals surface area contributed by atoms with Crippen LogP contribution in [0.2, 0.25) is 0 Å². The first-order valence-electron chi connectivity index (χ1n) is 15.5. The lowest BCUT2D eigenvalue weighted by Gasteiger charge is -2.33. The Kier molecular flexibility index (Phi) is 6.22. The minimum Gasteiger partial charge on any atom is -0.208 e. The summed E-state index contributed by atoms with van der Waals surface area (Å²) in [4.78, 5) is 16.5. The fraction of sp³-hybridized carbons (Fsp3) is 0.0238. The zero-order valence-electron chi connectivity index (χ0n) is 24.8. The Balaban J connectivity index is 1.35. The van der Waals surface area contributed by atoms with Gasteiger partial charge < -0.3 is 0 Å². The molecule has 8 aromatic rings. The average Bonchev–Trinajstić information content (AvgIpc) is 3.71. The highest BCUT2D eigenvalue weighted by Gasteiger charge is 2.46. The Morgan fingerprint density at radius 1 is 0.435 bits per heavy atom. The van der Waals surface area contributed by atoms with E-state index in [-0.39, 0.29) is 0 Å². The minimum absolute atomic E-state index is 0.492. The summed E-state index contributed by atoms with van der Waals surface area (Å²) in [6, 6.07) is 58.0. The molecule has 2 aromatic heterocycles. The summed E-state index contributed by atoms with van der Waals surface area (Å²) in [5, 5.41) is 1.19. The lowest BCUT2D eigenvalue weighted by molar-refractivity contribution is 0.768. The smallest absolute Gasteiger partial charge is 0.174 e. The number of hydrogen-bond acceptors (Lipinski definition) is 4. The molecule has 4 heteroatoms. The van der Waals surface area contributed by atoms with Gasteiger partial charge in [-0.25, -0.2) is 15.0 Å². The molecule has 0 atom stereocenters. The van der Waals surface area contributed by atoms with E-state index in [1.54, 1.807) is 11.3 Å². The number of hydrogen-bond donors (Lipinski definition) is 0. The van der Waals surface area contributed by atoms with Gasteiger partial charge in [0.15, 0.2) is 17.5 Å². The maximum Gasteiger partial charge on any atom is 0.174 e. The Morgan fingerprint density at radius 3 is 1.74 bits per heavy atom. The zero-order chi connectivity index (χ0) is 30.5. The lowest BCUT2D eigenvalue weighted by atomic mass is 9.67. The van der Waals surface area contributed by atoms with Crippen LogP contribution in [0.3, 0.4) is 0 Å². The molecule has 2 heterocycles. The highest BCUT2D eigenvalue weighted by atomic mass is 32.1. The first kappa shape index (κ1) is 26.7. The molecule has 0 bridgehead atoms. The second kappa shape index (κ2) is 10.7. The van der Waals surface area contributed by atoms with Crippen molar-refractivity contribution in [3.63, 3.8) is 0 Å². The summed E-state index contributed by atoms with van der Waals surface area (Å²) in [6.45, 7) is 0. The maximum atomic E-state index is 5.23. The molecule has 0 unspecified atom stereocenters. The summed E-state index contributed by atoms with van der Waals surface area (Å²) in [5.41, 5.74) is 8.79. The average molecular weight is 606 g/mol. The van der Waals surface area contributed by atoms with Gasteiger partial charge in [0.25, 0.3) is 0 Å². The van der Waals surface area contributed by atoms with Crippen molar-refractivity contribution in [3.05, 3.63) is 186 Å². The largest absolute Gasteiger partial charge is 0.208 e. The summed E-state index contributed by atoms with van der Waals surface area (Å²) in [6.07, 6.45) is 0. The van der Waals surface area contributed by atoms with E-state index in [9.17, 15) is 0 Å². The van der Waals surface area contributed by atoms with Gasteiger partial charge in [-0.2, -0.15) is 0 Å². The van der Waals surface area contributed by atoms with Crippen LogP contribution in [0.5, 0.6) is 0 Å². The molecule has 0 amide bonds. The van der Waals surface area contributed by atoms with Crippen molar-refractivity contribution in [3.8, 4) is 44.6 Å². The van der Waals surface area contributed by atoms with Gasteiger partial charge in [-0.1, -0.05) is 152 Å². The molecule has 0 fully saturated rings. The van der Waals surface area contributed by atoms with Crippen LogP contribution in [0.15, 0.2) is 164 Å². The number of fused-ring (bicyclic) bond motifs is 4. The van der Waals surface area contributed by atoms with Crippen molar-refractivity contribution in [2.45, 2.75) is 5.41 Å². The first-order chi connectivity index (χ1) is 22.8. The molecule has 1 aliphatic rings. The van der Waals surface area contributed by atoms with Crippen molar-refractivity contribution in [1.82, 2.24) is 15.0 Å². The van der Waals surface area contributed by atoms with Crippen LogP contribution < -0.4 is 0 Å². The number of benzene rings is 6. The zero-order valence-corrected chi connectivity index (χ0v) is 25.7. The quantitative estimate of drug-likeness (QED) is 0.196. The van der Waals surface area contributed by atoms with E-state index >= 15 is 0 Å². The van der Waals surface area contributed by atoms with Crippen molar-refractivity contribution in [1.29, 1.82) is 0 Å². The van der Waals surface area contributed by atoms with Gasteiger partial charge in [-0.05, 0) is 50.9 Å². The summed E-state index contributed by atoms with van der Waals surface area (Å²) in [5.74, 6) is 2.02. The molecule has 9 rings (SSSR count). The fourth-order valence-corrected chi connectivity index (χ4v) is 8.09. The highest BCUT2D eigenvalue weighted by molar-refractivity contribution is 7.22. The molecule has 0 saturated heterocycles. The van der Waals surface area contributed by atoms with E-state index in [1.165, 1.54) is 43.5 Å². The van der Waals surface area contributed by atoms with Crippen LogP contribution >= 0.6 is 11.3 Å². The molecule has 0 N–H and O–H groups in total. The van der Waals surface area contributed by atoms with Crippen molar-refractivity contribution in [2.24, 2.45) is 0 Å². The summed E-state index contributed by atoms with van der Waals surface area (Å²) < 4.78 is 1.21. The third-order valence-electron chi connectivity index (χ3n) is 9.04. The van der Waals surface area contributed by atoms with Gasteiger partial charge in [0.05, 0.1) is 10.3 Å². The van der Waals surface area contributed by atoms with E-state index in [0.29, 0.717) is 17.5 Å².